The standard InChI is InChI=1S/C16H18ClNO3S/c1-4-12-7-5-6-8-14(12)18-22(19,20)16-10-13(17)11(2)9-15(16)21-3/h5-10,18H,4H2,1-3H3. The maximum atomic E-state index is 12.7. The van der Waals surface area contributed by atoms with E-state index in [-0.39, 0.29) is 10.6 Å². The van der Waals surface area contributed by atoms with Crippen LogP contribution in [-0.4, -0.2) is 15.5 Å². The lowest BCUT2D eigenvalue weighted by Crippen LogP contribution is -2.15. The van der Waals surface area contributed by atoms with Gasteiger partial charge in [0.15, 0.2) is 0 Å². The van der Waals surface area contributed by atoms with Gasteiger partial charge in [-0.15, -0.1) is 0 Å². The molecule has 0 bridgehead atoms. The Morgan fingerprint density at radius 1 is 1.23 bits per heavy atom. The number of hydrogen-bond donors (Lipinski definition) is 1. The molecule has 0 fully saturated rings. The van der Waals surface area contributed by atoms with Gasteiger partial charge < -0.3 is 4.74 Å². The van der Waals surface area contributed by atoms with Crippen LogP contribution in [0.15, 0.2) is 41.3 Å². The summed E-state index contributed by atoms with van der Waals surface area (Å²) in [7, 11) is -2.36. The Balaban J connectivity index is 2.49. The van der Waals surface area contributed by atoms with Gasteiger partial charge in [0.05, 0.1) is 12.8 Å². The van der Waals surface area contributed by atoms with Crippen molar-refractivity contribution in [1.82, 2.24) is 0 Å². The van der Waals surface area contributed by atoms with Gasteiger partial charge in [-0.1, -0.05) is 36.7 Å². The Hall–Kier alpha value is -1.72. The van der Waals surface area contributed by atoms with Gasteiger partial charge in [0, 0.05) is 5.02 Å². The van der Waals surface area contributed by atoms with Crippen LogP contribution in [0.4, 0.5) is 5.69 Å². The van der Waals surface area contributed by atoms with E-state index in [0.717, 1.165) is 17.5 Å². The van der Waals surface area contributed by atoms with Crippen molar-refractivity contribution in [2.24, 2.45) is 0 Å². The van der Waals surface area contributed by atoms with E-state index in [1.165, 1.54) is 13.2 Å². The molecule has 4 nitrogen and oxygen atoms in total. The number of para-hydroxylation sites is 1. The summed E-state index contributed by atoms with van der Waals surface area (Å²) in [6, 6.07) is 10.3. The van der Waals surface area contributed by atoms with Crippen LogP contribution >= 0.6 is 11.6 Å². The maximum Gasteiger partial charge on any atom is 0.265 e. The Morgan fingerprint density at radius 3 is 2.55 bits per heavy atom. The van der Waals surface area contributed by atoms with Crippen LogP contribution in [0.1, 0.15) is 18.1 Å². The van der Waals surface area contributed by atoms with Crippen molar-refractivity contribution in [2.45, 2.75) is 25.2 Å². The summed E-state index contributed by atoms with van der Waals surface area (Å²) in [6.45, 7) is 3.76. The molecule has 0 saturated carbocycles. The Kier molecular flexibility index (Phi) is 4.98. The SMILES string of the molecule is CCc1ccccc1NS(=O)(=O)c1cc(Cl)c(C)cc1OC. The van der Waals surface area contributed by atoms with Crippen molar-refractivity contribution in [3.63, 3.8) is 0 Å². The van der Waals surface area contributed by atoms with Crippen molar-refractivity contribution in [3.8, 4) is 5.75 Å². The molecule has 0 atom stereocenters. The number of hydrogen-bond acceptors (Lipinski definition) is 3. The molecule has 0 aliphatic heterocycles. The summed E-state index contributed by atoms with van der Waals surface area (Å²) >= 11 is 6.06. The minimum atomic E-state index is -3.79. The van der Waals surface area contributed by atoms with Gasteiger partial charge in [0.1, 0.15) is 10.6 Å². The number of anilines is 1. The zero-order valence-electron chi connectivity index (χ0n) is 12.7. The number of sulfonamides is 1. The number of nitrogens with one attached hydrogen (secondary N) is 1. The minimum Gasteiger partial charge on any atom is -0.495 e. The van der Waals surface area contributed by atoms with Gasteiger partial charge in [-0.05, 0) is 42.7 Å². The molecule has 22 heavy (non-hydrogen) atoms. The van der Waals surface area contributed by atoms with E-state index < -0.39 is 10.0 Å². The van der Waals surface area contributed by atoms with Gasteiger partial charge in [-0.3, -0.25) is 4.72 Å². The van der Waals surface area contributed by atoms with Gasteiger partial charge >= 0.3 is 0 Å². The second-order valence-electron chi connectivity index (χ2n) is 4.87. The summed E-state index contributed by atoms with van der Waals surface area (Å²) in [6.07, 6.45) is 0.727. The molecule has 0 saturated heterocycles. The first-order chi connectivity index (χ1) is 10.4. The zero-order valence-corrected chi connectivity index (χ0v) is 14.3. The number of ether oxygens (including phenoxy) is 1. The highest BCUT2D eigenvalue weighted by molar-refractivity contribution is 7.92. The van der Waals surface area contributed by atoms with E-state index in [1.807, 2.05) is 19.1 Å². The summed E-state index contributed by atoms with van der Waals surface area (Å²) in [5, 5.41) is 0.380. The average Bonchev–Trinajstić information content (AvgIpc) is 2.49. The normalized spacial score (nSPS) is 11.3. The fourth-order valence-electron chi connectivity index (χ4n) is 2.13. The zero-order chi connectivity index (χ0) is 16.3. The van der Waals surface area contributed by atoms with Crippen molar-refractivity contribution >= 4 is 27.3 Å². The summed E-state index contributed by atoms with van der Waals surface area (Å²) in [5.74, 6) is 0.267. The number of aryl methyl sites for hydroxylation is 2. The van der Waals surface area contributed by atoms with Crippen LogP contribution in [0.2, 0.25) is 5.02 Å². The molecule has 0 unspecified atom stereocenters. The number of benzene rings is 2. The highest BCUT2D eigenvalue weighted by Gasteiger charge is 2.22. The van der Waals surface area contributed by atoms with E-state index in [0.29, 0.717) is 10.7 Å². The van der Waals surface area contributed by atoms with Crippen LogP contribution in [0.3, 0.4) is 0 Å². The van der Waals surface area contributed by atoms with Gasteiger partial charge in [-0.25, -0.2) is 8.42 Å². The highest BCUT2D eigenvalue weighted by Crippen LogP contribution is 2.31. The van der Waals surface area contributed by atoms with Crippen molar-refractivity contribution in [3.05, 3.63) is 52.5 Å². The lowest BCUT2D eigenvalue weighted by atomic mass is 10.1. The van der Waals surface area contributed by atoms with Crippen LogP contribution in [0, 0.1) is 6.92 Å². The predicted molar refractivity (Wildman–Crippen MR) is 89.4 cm³/mol. The first-order valence-corrected chi connectivity index (χ1v) is 8.70. The Morgan fingerprint density at radius 2 is 1.91 bits per heavy atom. The summed E-state index contributed by atoms with van der Waals surface area (Å²) < 4.78 is 33.1. The molecule has 2 aromatic carbocycles. The third kappa shape index (κ3) is 3.36. The molecule has 0 aliphatic carbocycles. The molecule has 118 valence electrons. The second-order valence-corrected chi connectivity index (χ2v) is 6.93. The molecule has 1 N–H and O–H groups in total. The van der Waals surface area contributed by atoms with E-state index in [2.05, 4.69) is 4.72 Å². The van der Waals surface area contributed by atoms with Gasteiger partial charge in [-0.2, -0.15) is 0 Å². The Labute approximate surface area is 136 Å². The summed E-state index contributed by atoms with van der Waals surface area (Å²) in [4.78, 5) is 0.0245. The average molecular weight is 340 g/mol. The summed E-state index contributed by atoms with van der Waals surface area (Å²) in [5.41, 5.74) is 2.23. The quantitative estimate of drug-likeness (QED) is 0.895. The monoisotopic (exact) mass is 339 g/mol. The lowest BCUT2D eigenvalue weighted by molar-refractivity contribution is 0.402. The topological polar surface area (TPSA) is 55.4 Å². The molecule has 0 aromatic heterocycles. The van der Waals surface area contributed by atoms with Crippen LogP contribution in [-0.2, 0) is 16.4 Å². The number of rotatable bonds is 5. The molecular formula is C16H18ClNO3S. The fourth-order valence-corrected chi connectivity index (χ4v) is 3.64. The molecule has 2 aromatic rings. The number of halogens is 1. The third-order valence-corrected chi connectivity index (χ3v) is 5.17. The van der Waals surface area contributed by atoms with E-state index in [4.69, 9.17) is 16.3 Å². The van der Waals surface area contributed by atoms with Gasteiger partial charge in [0.25, 0.3) is 10.0 Å². The third-order valence-electron chi connectivity index (χ3n) is 3.38. The fraction of sp³-hybridized carbons (Fsp3) is 0.250. The van der Waals surface area contributed by atoms with E-state index >= 15 is 0 Å². The van der Waals surface area contributed by atoms with Crippen molar-refractivity contribution in [2.75, 3.05) is 11.8 Å². The molecule has 0 amide bonds. The molecular weight excluding hydrogens is 322 g/mol. The highest BCUT2D eigenvalue weighted by atomic mass is 35.5. The molecule has 6 heteroatoms. The minimum absolute atomic E-state index is 0.0245. The molecule has 0 heterocycles. The second kappa shape index (κ2) is 6.58. The largest absolute Gasteiger partial charge is 0.495 e. The van der Waals surface area contributed by atoms with Gasteiger partial charge in [0.2, 0.25) is 0 Å². The first kappa shape index (κ1) is 16.6. The maximum absolute atomic E-state index is 12.7. The predicted octanol–water partition coefficient (Wildman–Crippen LogP) is 4.02. The number of methoxy groups -OCH3 is 1. The molecule has 2 rings (SSSR count). The molecule has 0 aliphatic rings. The van der Waals surface area contributed by atoms with Crippen LogP contribution < -0.4 is 9.46 Å². The van der Waals surface area contributed by atoms with Crippen molar-refractivity contribution < 1.29 is 13.2 Å². The van der Waals surface area contributed by atoms with Crippen LogP contribution in [0.5, 0.6) is 5.75 Å². The lowest BCUT2D eigenvalue weighted by Gasteiger charge is -2.15. The van der Waals surface area contributed by atoms with Crippen LogP contribution in [0.25, 0.3) is 0 Å². The molecule has 0 radical (unpaired) electrons. The van der Waals surface area contributed by atoms with E-state index in [9.17, 15) is 8.42 Å². The van der Waals surface area contributed by atoms with E-state index in [1.54, 1.807) is 25.1 Å². The molecule has 0 spiro atoms. The Bertz CT molecular complexity index is 788. The first-order valence-electron chi connectivity index (χ1n) is 6.84. The smallest absolute Gasteiger partial charge is 0.265 e. The van der Waals surface area contributed by atoms with Crippen molar-refractivity contribution in [1.29, 1.82) is 0 Å².